The maximum Gasteiger partial charge on any atom is 0.234 e. The van der Waals surface area contributed by atoms with E-state index in [9.17, 15) is 9.59 Å². The molecule has 126 valence electrons. The molecule has 2 N–H and O–H groups in total. The third-order valence-corrected chi connectivity index (χ3v) is 4.11. The van der Waals surface area contributed by atoms with E-state index in [0.717, 1.165) is 38.6 Å². The maximum atomic E-state index is 11.8. The number of carbonyl (C=O) groups excluding carboxylic acids is 2. The van der Waals surface area contributed by atoms with Crippen molar-refractivity contribution in [3.63, 3.8) is 0 Å². The molecular weight excluding hydrogens is 284 g/mol. The molecule has 0 atom stereocenters. The number of ether oxygens (including phenoxy) is 1. The summed E-state index contributed by atoms with van der Waals surface area (Å²) in [4.78, 5) is 27.8. The van der Waals surface area contributed by atoms with Gasteiger partial charge in [-0.05, 0) is 18.8 Å². The van der Waals surface area contributed by atoms with Crippen molar-refractivity contribution in [3.05, 3.63) is 0 Å². The van der Waals surface area contributed by atoms with Crippen molar-refractivity contribution in [2.24, 2.45) is 5.92 Å². The summed E-state index contributed by atoms with van der Waals surface area (Å²) < 4.78 is 4.90. The second-order valence-electron chi connectivity index (χ2n) is 6.14. The quantitative estimate of drug-likeness (QED) is 0.528. The number of carbonyl (C=O) groups is 2. The van der Waals surface area contributed by atoms with Gasteiger partial charge < -0.3 is 15.4 Å². The van der Waals surface area contributed by atoms with Crippen molar-refractivity contribution in [1.29, 1.82) is 0 Å². The highest BCUT2D eigenvalue weighted by Crippen LogP contribution is 2.27. The average molecular weight is 312 g/mol. The Hall–Kier alpha value is -1.18. The van der Waals surface area contributed by atoms with Gasteiger partial charge in [-0.2, -0.15) is 0 Å². The number of hydrogen-bond acceptors (Lipinski definition) is 5. The summed E-state index contributed by atoms with van der Waals surface area (Å²) in [7, 11) is 1.62. The molecule has 7 nitrogen and oxygen atoms in total. The first-order chi connectivity index (χ1) is 10.7. The summed E-state index contributed by atoms with van der Waals surface area (Å²) in [5.74, 6) is 0.878. The predicted molar refractivity (Wildman–Crippen MR) is 83.5 cm³/mol. The van der Waals surface area contributed by atoms with Crippen molar-refractivity contribution in [2.75, 3.05) is 66.1 Å². The fourth-order valence-electron chi connectivity index (χ4n) is 2.50. The van der Waals surface area contributed by atoms with Crippen molar-refractivity contribution in [3.8, 4) is 0 Å². The fraction of sp³-hybridized carbons (Fsp3) is 0.867. The van der Waals surface area contributed by atoms with Gasteiger partial charge in [0.2, 0.25) is 11.8 Å². The monoisotopic (exact) mass is 312 g/mol. The van der Waals surface area contributed by atoms with Crippen LogP contribution in [-0.2, 0) is 14.3 Å². The van der Waals surface area contributed by atoms with Gasteiger partial charge in [0, 0.05) is 46.4 Å². The minimum absolute atomic E-state index is 0.0349. The van der Waals surface area contributed by atoms with Crippen LogP contribution in [-0.4, -0.2) is 87.7 Å². The Labute approximate surface area is 132 Å². The van der Waals surface area contributed by atoms with Crippen LogP contribution in [0, 0.1) is 5.92 Å². The van der Waals surface area contributed by atoms with E-state index in [1.165, 1.54) is 12.8 Å². The van der Waals surface area contributed by atoms with Crippen LogP contribution < -0.4 is 10.6 Å². The van der Waals surface area contributed by atoms with Crippen molar-refractivity contribution in [1.82, 2.24) is 20.4 Å². The van der Waals surface area contributed by atoms with E-state index in [1.54, 1.807) is 7.11 Å². The Morgan fingerprint density at radius 3 is 2.05 bits per heavy atom. The Kier molecular flexibility index (Phi) is 7.08. The van der Waals surface area contributed by atoms with Crippen LogP contribution in [0.4, 0.5) is 0 Å². The van der Waals surface area contributed by atoms with Crippen LogP contribution in [0.3, 0.4) is 0 Å². The van der Waals surface area contributed by atoms with E-state index in [2.05, 4.69) is 20.4 Å². The first-order valence-electron chi connectivity index (χ1n) is 8.14. The molecule has 1 saturated heterocycles. The number of nitrogens with one attached hydrogen (secondary N) is 2. The van der Waals surface area contributed by atoms with Gasteiger partial charge in [0.25, 0.3) is 0 Å². The molecule has 0 unspecified atom stereocenters. The molecule has 0 aromatic heterocycles. The third-order valence-electron chi connectivity index (χ3n) is 4.11. The van der Waals surface area contributed by atoms with Crippen molar-refractivity contribution < 1.29 is 14.3 Å². The molecule has 1 aliphatic heterocycles. The molecule has 0 aromatic carbocycles. The second-order valence-corrected chi connectivity index (χ2v) is 6.14. The fourth-order valence-corrected chi connectivity index (χ4v) is 2.50. The van der Waals surface area contributed by atoms with E-state index < -0.39 is 0 Å². The highest BCUT2D eigenvalue weighted by Gasteiger charge is 2.23. The molecular formula is C15H28N4O3. The van der Waals surface area contributed by atoms with E-state index >= 15 is 0 Å². The summed E-state index contributed by atoms with van der Waals surface area (Å²) in [5, 5.41) is 5.82. The first-order valence-corrected chi connectivity index (χ1v) is 8.14. The maximum absolute atomic E-state index is 11.8. The van der Waals surface area contributed by atoms with Gasteiger partial charge in [-0.1, -0.05) is 0 Å². The summed E-state index contributed by atoms with van der Waals surface area (Å²) in [6.07, 6.45) is 2.51. The number of rotatable bonds is 9. The Bertz CT molecular complexity index is 366. The molecule has 7 heteroatoms. The number of piperazine rings is 1. The Balaban J connectivity index is 1.54. The summed E-state index contributed by atoms with van der Waals surface area (Å²) in [5.41, 5.74) is 0. The molecule has 2 fully saturated rings. The molecule has 0 bridgehead atoms. The van der Waals surface area contributed by atoms with E-state index in [-0.39, 0.29) is 11.8 Å². The normalized spacial score (nSPS) is 19.9. The van der Waals surface area contributed by atoms with E-state index in [1.807, 2.05) is 0 Å². The van der Waals surface area contributed by atoms with Gasteiger partial charge in [-0.3, -0.25) is 19.4 Å². The zero-order valence-corrected chi connectivity index (χ0v) is 13.5. The zero-order valence-electron chi connectivity index (χ0n) is 13.5. The van der Waals surface area contributed by atoms with Crippen LogP contribution in [0.1, 0.15) is 12.8 Å². The highest BCUT2D eigenvalue weighted by atomic mass is 16.5. The van der Waals surface area contributed by atoms with Crippen LogP contribution >= 0.6 is 0 Å². The van der Waals surface area contributed by atoms with Crippen molar-refractivity contribution in [2.45, 2.75) is 12.8 Å². The summed E-state index contributed by atoms with van der Waals surface area (Å²) in [6.45, 7) is 6.14. The van der Waals surface area contributed by atoms with Gasteiger partial charge in [0.15, 0.2) is 0 Å². The Morgan fingerprint density at radius 1 is 1.00 bits per heavy atom. The highest BCUT2D eigenvalue weighted by molar-refractivity contribution is 5.78. The van der Waals surface area contributed by atoms with Crippen LogP contribution in [0.2, 0.25) is 0 Å². The molecule has 22 heavy (non-hydrogen) atoms. The lowest BCUT2D eigenvalue weighted by molar-refractivity contribution is -0.125. The molecule has 2 rings (SSSR count). The number of nitrogens with zero attached hydrogens (tertiary/aromatic N) is 2. The molecule has 2 aliphatic rings. The third kappa shape index (κ3) is 6.72. The smallest absolute Gasteiger partial charge is 0.234 e. The summed E-state index contributed by atoms with van der Waals surface area (Å²) >= 11 is 0. The van der Waals surface area contributed by atoms with Gasteiger partial charge in [0.05, 0.1) is 19.7 Å². The number of amides is 2. The molecule has 2 amide bonds. The van der Waals surface area contributed by atoms with Crippen molar-refractivity contribution >= 4 is 11.8 Å². The van der Waals surface area contributed by atoms with Gasteiger partial charge in [0.1, 0.15) is 0 Å². The molecule has 0 spiro atoms. The second kappa shape index (κ2) is 9.07. The average Bonchev–Trinajstić information content (AvgIpc) is 3.32. The Morgan fingerprint density at radius 2 is 1.55 bits per heavy atom. The molecule has 1 heterocycles. The first kappa shape index (κ1) is 17.2. The number of methoxy groups -OCH3 is 1. The lowest BCUT2D eigenvalue weighted by Crippen LogP contribution is -2.51. The SMILES string of the molecule is COCCNC(=O)CN1CCN(CC(=O)NCC2CC2)CC1. The van der Waals surface area contributed by atoms with Crippen LogP contribution in [0.5, 0.6) is 0 Å². The standard InChI is InChI=1S/C15H28N4O3/c1-22-9-4-16-14(20)11-18-5-7-19(8-6-18)12-15(21)17-10-13-2-3-13/h13H,2-12H2,1H3,(H,16,20)(H,17,21). The molecule has 1 saturated carbocycles. The molecule has 1 aliphatic carbocycles. The van der Waals surface area contributed by atoms with Crippen LogP contribution in [0.25, 0.3) is 0 Å². The number of hydrogen-bond donors (Lipinski definition) is 2. The topological polar surface area (TPSA) is 73.9 Å². The van der Waals surface area contributed by atoms with Gasteiger partial charge in [-0.15, -0.1) is 0 Å². The predicted octanol–water partition coefficient (Wildman–Crippen LogP) is -1.11. The van der Waals surface area contributed by atoms with Gasteiger partial charge >= 0.3 is 0 Å². The van der Waals surface area contributed by atoms with E-state index in [0.29, 0.717) is 26.2 Å². The lowest BCUT2D eigenvalue weighted by atomic mass is 10.3. The molecule has 0 aromatic rings. The minimum atomic E-state index is 0.0349. The summed E-state index contributed by atoms with van der Waals surface area (Å²) in [6, 6.07) is 0. The molecule has 0 radical (unpaired) electrons. The van der Waals surface area contributed by atoms with Gasteiger partial charge in [-0.25, -0.2) is 0 Å². The van der Waals surface area contributed by atoms with E-state index in [4.69, 9.17) is 4.74 Å². The lowest BCUT2D eigenvalue weighted by Gasteiger charge is -2.33. The largest absolute Gasteiger partial charge is 0.383 e. The van der Waals surface area contributed by atoms with Crippen LogP contribution in [0.15, 0.2) is 0 Å². The zero-order chi connectivity index (χ0) is 15.8. The minimum Gasteiger partial charge on any atom is -0.383 e.